The molecule has 0 fully saturated rings. The van der Waals surface area contributed by atoms with Crippen LogP contribution in [0.1, 0.15) is 10.4 Å². The zero-order valence-corrected chi connectivity index (χ0v) is 17.6. The van der Waals surface area contributed by atoms with Crippen LogP contribution in [0.3, 0.4) is 0 Å². The van der Waals surface area contributed by atoms with Gasteiger partial charge in [-0.1, -0.05) is 35.9 Å². The van der Waals surface area contributed by atoms with Gasteiger partial charge in [-0.3, -0.25) is 9.10 Å². The van der Waals surface area contributed by atoms with Gasteiger partial charge in [0.05, 0.1) is 22.9 Å². The lowest BCUT2D eigenvalue weighted by Gasteiger charge is -2.24. The topological polar surface area (TPSA) is 66.5 Å². The highest BCUT2D eigenvalue weighted by molar-refractivity contribution is 7.93. The van der Waals surface area contributed by atoms with Gasteiger partial charge in [-0.25, -0.2) is 17.2 Å². The van der Waals surface area contributed by atoms with Gasteiger partial charge in [0.1, 0.15) is 16.5 Å². The Hall–Kier alpha value is -3.23. The van der Waals surface area contributed by atoms with E-state index in [4.69, 9.17) is 11.6 Å². The SMILES string of the molecule is C=CCN(c1ccccc1)S(=O)(=O)c1cc(C(=O)Nc2cc(F)ccc2F)ccc1Cl. The Morgan fingerprint density at radius 3 is 2.45 bits per heavy atom. The van der Waals surface area contributed by atoms with Crippen molar-refractivity contribution in [3.63, 3.8) is 0 Å². The number of nitrogens with zero attached hydrogens (tertiary/aromatic N) is 1. The van der Waals surface area contributed by atoms with E-state index in [1.807, 2.05) is 0 Å². The van der Waals surface area contributed by atoms with Gasteiger partial charge in [-0.15, -0.1) is 6.58 Å². The lowest BCUT2D eigenvalue weighted by molar-refractivity contribution is 0.102. The summed E-state index contributed by atoms with van der Waals surface area (Å²) in [6, 6.07) is 14.6. The van der Waals surface area contributed by atoms with E-state index in [0.29, 0.717) is 5.69 Å². The maximum atomic E-state index is 13.8. The van der Waals surface area contributed by atoms with E-state index in [9.17, 15) is 22.0 Å². The molecule has 0 heterocycles. The predicted octanol–water partition coefficient (Wildman–Crippen LogP) is 5.25. The van der Waals surface area contributed by atoms with Crippen LogP contribution >= 0.6 is 11.6 Å². The molecule has 0 saturated carbocycles. The Kier molecular flexibility index (Phi) is 6.72. The van der Waals surface area contributed by atoms with Crippen LogP contribution in [0.2, 0.25) is 5.02 Å². The molecule has 5 nitrogen and oxygen atoms in total. The van der Waals surface area contributed by atoms with E-state index >= 15 is 0 Å². The molecule has 0 radical (unpaired) electrons. The molecular formula is C22H17ClF2N2O3S. The molecule has 1 amide bonds. The molecular weight excluding hydrogens is 446 g/mol. The number of halogens is 3. The van der Waals surface area contributed by atoms with Crippen molar-refractivity contribution < 1.29 is 22.0 Å². The molecule has 3 rings (SSSR count). The first-order valence-electron chi connectivity index (χ1n) is 8.98. The van der Waals surface area contributed by atoms with Crippen LogP contribution in [0.5, 0.6) is 0 Å². The van der Waals surface area contributed by atoms with Crippen molar-refractivity contribution in [3.05, 3.63) is 102 Å². The second-order valence-corrected chi connectivity index (χ2v) is 8.62. The van der Waals surface area contributed by atoms with Crippen molar-refractivity contribution in [3.8, 4) is 0 Å². The summed E-state index contributed by atoms with van der Waals surface area (Å²) < 4.78 is 55.0. The summed E-state index contributed by atoms with van der Waals surface area (Å²) in [6.07, 6.45) is 1.42. The minimum absolute atomic E-state index is 0.0341. The quantitative estimate of drug-likeness (QED) is 0.487. The Bertz CT molecular complexity index is 1230. The molecule has 0 aromatic heterocycles. The van der Waals surface area contributed by atoms with Crippen LogP contribution in [-0.2, 0) is 10.0 Å². The monoisotopic (exact) mass is 462 g/mol. The fraction of sp³-hybridized carbons (Fsp3) is 0.0455. The van der Waals surface area contributed by atoms with Crippen LogP contribution in [-0.4, -0.2) is 20.9 Å². The van der Waals surface area contributed by atoms with Crippen molar-refractivity contribution in [1.29, 1.82) is 0 Å². The van der Waals surface area contributed by atoms with Gasteiger partial charge < -0.3 is 5.32 Å². The Morgan fingerprint density at radius 2 is 1.77 bits per heavy atom. The number of carbonyl (C=O) groups excluding carboxylic acids is 1. The molecule has 1 N–H and O–H groups in total. The summed E-state index contributed by atoms with van der Waals surface area (Å²) in [5.41, 5.74) is -0.0877. The third kappa shape index (κ3) is 4.92. The van der Waals surface area contributed by atoms with E-state index in [1.54, 1.807) is 30.3 Å². The van der Waals surface area contributed by atoms with Crippen molar-refractivity contribution >= 4 is 38.9 Å². The molecule has 9 heteroatoms. The first kappa shape index (κ1) is 22.5. The average molecular weight is 463 g/mol. The number of sulfonamides is 1. The van der Waals surface area contributed by atoms with Gasteiger partial charge >= 0.3 is 0 Å². The molecule has 0 bridgehead atoms. The van der Waals surface area contributed by atoms with Crippen LogP contribution in [0, 0.1) is 11.6 Å². The van der Waals surface area contributed by atoms with Crippen molar-refractivity contribution in [1.82, 2.24) is 0 Å². The first-order valence-corrected chi connectivity index (χ1v) is 10.8. The summed E-state index contributed by atoms with van der Waals surface area (Å²) in [5, 5.41) is 2.13. The molecule has 0 aliphatic rings. The summed E-state index contributed by atoms with van der Waals surface area (Å²) in [6.45, 7) is 3.56. The number of hydrogen-bond donors (Lipinski definition) is 1. The van der Waals surface area contributed by atoms with E-state index in [0.717, 1.165) is 28.6 Å². The molecule has 160 valence electrons. The molecule has 0 unspecified atom stereocenters. The largest absolute Gasteiger partial charge is 0.319 e. The first-order chi connectivity index (χ1) is 14.7. The summed E-state index contributed by atoms with van der Waals surface area (Å²) in [4.78, 5) is 12.3. The van der Waals surface area contributed by atoms with Crippen molar-refractivity contribution in [2.75, 3.05) is 16.2 Å². The molecule has 3 aromatic carbocycles. The van der Waals surface area contributed by atoms with Crippen LogP contribution in [0.4, 0.5) is 20.2 Å². The summed E-state index contributed by atoms with van der Waals surface area (Å²) in [7, 11) is -4.17. The van der Waals surface area contributed by atoms with Gasteiger partial charge in [-0.05, 0) is 42.5 Å². The lowest BCUT2D eigenvalue weighted by Crippen LogP contribution is -2.31. The van der Waals surface area contributed by atoms with E-state index in [1.165, 1.54) is 18.2 Å². The van der Waals surface area contributed by atoms with E-state index in [2.05, 4.69) is 11.9 Å². The fourth-order valence-corrected chi connectivity index (χ4v) is 4.74. The number of hydrogen-bond acceptors (Lipinski definition) is 3. The van der Waals surface area contributed by atoms with E-state index < -0.39 is 27.6 Å². The van der Waals surface area contributed by atoms with Gasteiger partial charge in [-0.2, -0.15) is 0 Å². The second kappa shape index (κ2) is 9.28. The van der Waals surface area contributed by atoms with Gasteiger partial charge in [0.15, 0.2) is 0 Å². The number of para-hydroxylation sites is 1. The minimum atomic E-state index is -4.17. The van der Waals surface area contributed by atoms with Crippen LogP contribution < -0.4 is 9.62 Å². The number of carbonyl (C=O) groups is 1. The average Bonchev–Trinajstić information content (AvgIpc) is 2.75. The van der Waals surface area contributed by atoms with Gasteiger partial charge in [0.25, 0.3) is 15.9 Å². The number of rotatable bonds is 7. The summed E-state index contributed by atoms with van der Waals surface area (Å²) in [5.74, 6) is -2.40. The lowest BCUT2D eigenvalue weighted by atomic mass is 10.2. The number of nitrogens with one attached hydrogen (secondary N) is 1. The fourth-order valence-electron chi connectivity index (χ4n) is 2.80. The molecule has 0 aliphatic carbocycles. The molecule has 0 saturated heterocycles. The highest BCUT2D eigenvalue weighted by atomic mass is 35.5. The normalized spacial score (nSPS) is 11.1. The smallest absolute Gasteiger partial charge is 0.266 e. The Balaban J connectivity index is 2.00. The predicted molar refractivity (Wildman–Crippen MR) is 117 cm³/mol. The molecule has 0 aliphatic heterocycles. The van der Waals surface area contributed by atoms with Crippen LogP contribution in [0.15, 0.2) is 84.3 Å². The highest BCUT2D eigenvalue weighted by Gasteiger charge is 2.27. The minimum Gasteiger partial charge on any atom is -0.319 e. The van der Waals surface area contributed by atoms with Crippen molar-refractivity contribution in [2.24, 2.45) is 0 Å². The Labute approximate surface area is 183 Å². The third-order valence-corrected chi connectivity index (χ3v) is 6.55. The molecule has 0 atom stereocenters. The van der Waals surface area contributed by atoms with Gasteiger partial charge in [0, 0.05) is 11.6 Å². The summed E-state index contributed by atoms with van der Waals surface area (Å²) >= 11 is 6.15. The van der Waals surface area contributed by atoms with Gasteiger partial charge in [0.2, 0.25) is 0 Å². The number of amides is 1. The number of benzene rings is 3. The molecule has 3 aromatic rings. The third-order valence-electron chi connectivity index (χ3n) is 4.28. The van der Waals surface area contributed by atoms with Crippen LogP contribution in [0.25, 0.3) is 0 Å². The molecule has 31 heavy (non-hydrogen) atoms. The molecule has 0 spiro atoms. The highest BCUT2D eigenvalue weighted by Crippen LogP contribution is 2.30. The van der Waals surface area contributed by atoms with E-state index in [-0.39, 0.29) is 27.7 Å². The maximum Gasteiger partial charge on any atom is 0.266 e. The standard InChI is InChI=1S/C22H17ClF2N2O3S/c1-2-12-27(17-6-4-3-5-7-17)31(29,30)21-13-15(8-10-18(21)23)22(28)26-20-14-16(24)9-11-19(20)25/h2-11,13-14H,1,12H2,(H,26,28). The maximum absolute atomic E-state index is 13.8. The second-order valence-electron chi connectivity index (χ2n) is 6.38. The zero-order valence-electron chi connectivity index (χ0n) is 16.1. The number of anilines is 2. The zero-order chi connectivity index (χ0) is 22.6. The Morgan fingerprint density at radius 1 is 1.06 bits per heavy atom. The van der Waals surface area contributed by atoms with Crippen molar-refractivity contribution in [2.45, 2.75) is 4.90 Å².